The minimum atomic E-state index is -3.90. The summed E-state index contributed by atoms with van der Waals surface area (Å²) in [5.74, 6) is 0.282. The second-order valence-corrected chi connectivity index (χ2v) is 8.61. The lowest BCUT2D eigenvalue weighted by atomic mass is 10.2. The molecule has 4 heterocycles. The molecule has 1 amide bonds. The monoisotopic (exact) mass is 431 g/mol. The first-order valence-electron chi connectivity index (χ1n) is 9.13. The maximum atomic E-state index is 12.4. The lowest BCUT2D eigenvalue weighted by Gasteiger charge is -2.18. The van der Waals surface area contributed by atoms with Crippen LogP contribution in [-0.4, -0.2) is 59.3 Å². The summed E-state index contributed by atoms with van der Waals surface area (Å²) in [6.07, 6.45) is 1.67. The summed E-state index contributed by atoms with van der Waals surface area (Å²) in [6, 6.07) is 6.42. The Hall–Kier alpha value is -2.93. The summed E-state index contributed by atoms with van der Waals surface area (Å²) in [6.45, 7) is 1.70. The van der Waals surface area contributed by atoms with Crippen LogP contribution in [0.5, 0.6) is 0 Å². The maximum Gasteiger partial charge on any atom is 0.297 e. The average molecular weight is 431 g/mol. The Balaban J connectivity index is 1.31. The number of rotatable bonds is 7. The zero-order valence-electron chi connectivity index (χ0n) is 15.7. The maximum absolute atomic E-state index is 12.4. The van der Waals surface area contributed by atoms with Crippen molar-refractivity contribution in [1.82, 2.24) is 19.5 Å². The second kappa shape index (κ2) is 7.09. The molecule has 1 N–H and O–H groups in total. The fourth-order valence-electron chi connectivity index (χ4n) is 3.49. The minimum Gasteiger partial charge on any atom is -0.362 e. The van der Waals surface area contributed by atoms with Gasteiger partial charge in [0.05, 0.1) is 17.8 Å². The van der Waals surface area contributed by atoms with Gasteiger partial charge < -0.3 is 14.8 Å². The molecule has 2 aliphatic heterocycles. The molecular formula is C18H17N5O6S. The number of imidazole rings is 1. The standard InChI is InChI=1S/C18H17N5O6S/c1-10-2-4-11(5-3-10)30(25,26)27-6-12-14-15(29-14)18(28-12)23-8-21-13-16(22-9-24)19-7-20-17(13)23/h2-5,7-9,12,14-15,18H,6H2,1H3,(H,19,20,22,24)/t12-,14+,15-,18-/m1/s1. The molecular weight excluding hydrogens is 414 g/mol. The fraction of sp³-hybridized carbons (Fsp3) is 0.333. The Morgan fingerprint density at radius 3 is 2.73 bits per heavy atom. The highest BCUT2D eigenvalue weighted by atomic mass is 32.2. The zero-order chi connectivity index (χ0) is 20.9. The third-order valence-electron chi connectivity index (χ3n) is 5.05. The number of aromatic nitrogens is 4. The van der Waals surface area contributed by atoms with E-state index < -0.39 is 22.4 Å². The zero-order valence-corrected chi connectivity index (χ0v) is 16.5. The molecule has 0 unspecified atom stereocenters. The van der Waals surface area contributed by atoms with Crippen molar-refractivity contribution in [3.8, 4) is 0 Å². The molecule has 0 radical (unpaired) electrons. The van der Waals surface area contributed by atoms with Gasteiger partial charge in [0.15, 0.2) is 23.2 Å². The van der Waals surface area contributed by atoms with Gasteiger partial charge in [-0.3, -0.25) is 13.5 Å². The average Bonchev–Trinajstić information content (AvgIpc) is 3.26. The summed E-state index contributed by atoms with van der Waals surface area (Å²) >= 11 is 0. The number of nitrogens with zero attached hydrogens (tertiary/aromatic N) is 4. The van der Waals surface area contributed by atoms with E-state index in [9.17, 15) is 13.2 Å². The van der Waals surface area contributed by atoms with Crippen molar-refractivity contribution < 1.29 is 26.9 Å². The Bertz CT molecular complexity index is 1210. The number of benzene rings is 1. The molecule has 11 nitrogen and oxygen atoms in total. The van der Waals surface area contributed by atoms with Gasteiger partial charge in [0.1, 0.15) is 24.6 Å². The number of nitrogens with one attached hydrogen (secondary N) is 1. The van der Waals surface area contributed by atoms with E-state index in [2.05, 4.69) is 20.3 Å². The number of ether oxygens (including phenoxy) is 2. The third-order valence-corrected chi connectivity index (χ3v) is 6.34. The van der Waals surface area contributed by atoms with Crippen LogP contribution in [0.15, 0.2) is 41.8 Å². The number of carbonyl (C=O) groups is 1. The summed E-state index contributed by atoms with van der Waals surface area (Å²) in [7, 11) is -3.90. The lowest BCUT2D eigenvalue weighted by molar-refractivity contribution is -0.105. The summed E-state index contributed by atoms with van der Waals surface area (Å²) in [5, 5.41) is 2.47. The molecule has 0 aliphatic carbocycles. The van der Waals surface area contributed by atoms with E-state index >= 15 is 0 Å². The summed E-state index contributed by atoms with van der Waals surface area (Å²) in [4.78, 5) is 23.3. The smallest absolute Gasteiger partial charge is 0.297 e. The van der Waals surface area contributed by atoms with Crippen LogP contribution >= 0.6 is 0 Å². The van der Waals surface area contributed by atoms with E-state index in [1.165, 1.54) is 24.8 Å². The molecule has 4 atom stereocenters. The Morgan fingerprint density at radius 1 is 1.17 bits per heavy atom. The van der Waals surface area contributed by atoms with Gasteiger partial charge in [-0.25, -0.2) is 15.0 Å². The van der Waals surface area contributed by atoms with Crippen LogP contribution in [0.3, 0.4) is 0 Å². The van der Waals surface area contributed by atoms with Crippen LogP contribution in [0, 0.1) is 6.92 Å². The van der Waals surface area contributed by atoms with Crippen molar-refractivity contribution in [2.75, 3.05) is 11.9 Å². The van der Waals surface area contributed by atoms with E-state index in [0.29, 0.717) is 17.6 Å². The van der Waals surface area contributed by atoms with E-state index in [4.69, 9.17) is 13.7 Å². The predicted molar refractivity (Wildman–Crippen MR) is 102 cm³/mol. The van der Waals surface area contributed by atoms with Gasteiger partial charge in [0.2, 0.25) is 6.41 Å². The minimum absolute atomic E-state index is 0.0865. The first-order chi connectivity index (χ1) is 14.5. The van der Waals surface area contributed by atoms with Gasteiger partial charge >= 0.3 is 0 Å². The van der Waals surface area contributed by atoms with Crippen molar-refractivity contribution in [2.24, 2.45) is 0 Å². The first-order valence-corrected chi connectivity index (χ1v) is 10.5. The lowest BCUT2D eigenvalue weighted by Crippen LogP contribution is -2.25. The highest BCUT2D eigenvalue weighted by Gasteiger charge is 2.59. The quantitative estimate of drug-likeness (QED) is 0.326. The first kappa shape index (κ1) is 19.1. The van der Waals surface area contributed by atoms with Crippen LogP contribution in [0.1, 0.15) is 11.8 Å². The number of hydrogen-bond acceptors (Lipinski definition) is 9. The molecule has 0 saturated carbocycles. The normalized spacial score (nSPS) is 25.2. The highest BCUT2D eigenvalue weighted by Crippen LogP contribution is 2.46. The van der Waals surface area contributed by atoms with Crippen LogP contribution in [-0.2, 0) is 28.6 Å². The largest absolute Gasteiger partial charge is 0.362 e. The molecule has 0 bridgehead atoms. The number of epoxide rings is 1. The molecule has 3 aromatic rings. The fourth-order valence-corrected chi connectivity index (χ4v) is 4.40. The second-order valence-electron chi connectivity index (χ2n) is 6.99. The number of hydrogen-bond donors (Lipinski definition) is 1. The van der Waals surface area contributed by atoms with E-state index in [1.807, 2.05) is 6.92 Å². The summed E-state index contributed by atoms with van der Waals surface area (Å²) in [5.41, 5.74) is 1.82. The van der Waals surface area contributed by atoms with Crippen LogP contribution in [0.25, 0.3) is 11.2 Å². The molecule has 2 aromatic heterocycles. The van der Waals surface area contributed by atoms with Crippen molar-refractivity contribution in [1.29, 1.82) is 0 Å². The van der Waals surface area contributed by atoms with E-state index in [0.717, 1.165) is 5.56 Å². The molecule has 2 aliphatic rings. The van der Waals surface area contributed by atoms with E-state index in [-0.39, 0.29) is 29.5 Å². The van der Waals surface area contributed by atoms with Gasteiger partial charge in [-0.05, 0) is 19.1 Å². The highest BCUT2D eigenvalue weighted by molar-refractivity contribution is 7.86. The predicted octanol–water partition coefficient (Wildman–Crippen LogP) is 0.773. The molecule has 0 spiro atoms. The third kappa shape index (κ3) is 3.23. The Kier molecular flexibility index (Phi) is 4.50. The van der Waals surface area contributed by atoms with Gasteiger partial charge in [-0.15, -0.1) is 0 Å². The van der Waals surface area contributed by atoms with Crippen molar-refractivity contribution in [2.45, 2.75) is 36.4 Å². The van der Waals surface area contributed by atoms with Crippen LogP contribution in [0.2, 0.25) is 0 Å². The molecule has 2 fully saturated rings. The van der Waals surface area contributed by atoms with Crippen molar-refractivity contribution >= 4 is 33.5 Å². The number of aryl methyl sites for hydroxylation is 1. The van der Waals surface area contributed by atoms with Gasteiger partial charge in [0.25, 0.3) is 10.1 Å². The Morgan fingerprint density at radius 2 is 1.97 bits per heavy atom. The molecule has 2 saturated heterocycles. The topological polar surface area (TPSA) is 138 Å². The number of anilines is 1. The molecule has 156 valence electrons. The molecule has 30 heavy (non-hydrogen) atoms. The van der Waals surface area contributed by atoms with Crippen molar-refractivity contribution in [3.05, 3.63) is 42.5 Å². The SMILES string of the molecule is Cc1ccc(S(=O)(=O)OC[C@H]2O[C@@H](n3cnc4c(NC=O)ncnc43)[C@@H]3O[C@H]32)cc1. The van der Waals surface area contributed by atoms with Gasteiger partial charge in [-0.2, -0.15) is 8.42 Å². The van der Waals surface area contributed by atoms with Crippen LogP contribution in [0.4, 0.5) is 5.82 Å². The number of fused-ring (bicyclic) bond motifs is 2. The van der Waals surface area contributed by atoms with E-state index in [1.54, 1.807) is 16.7 Å². The van der Waals surface area contributed by atoms with Gasteiger partial charge in [-0.1, -0.05) is 17.7 Å². The van der Waals surface area contributed by atoms with Gasteiger partial charge in [0, 0.05) is 0 Å². The summed E-state index contributed by atoms with van der Waals surface area (Å²) < 4.78 is 43.4. The Labute approximate surface area is 171 Å². The number of amides is 1. The number of carbonyl (C=O) groups excluding carboxylic acids is 1. The van der Waals surface area contributed by atoms with Crippen molar-refractivity contribution in [3.63, 3.8) is 0 Å². The van der Waals surface area contributed by atoms with Crippen LogP contribution < -0.4 is 5.32 Å². The molecule has 12 heteroatoms. The molecule has 1 aromatic carbocycles. The molecule has 5 rings (SSSR count).